The van der Waals surface area contributed by atoms with Crippen molar-refractivity contribution >= 4 is 39.1 Å². The SMILES string of the molecule is C[C@H](C(=O)Nc1ccc(Br)cc1)[NH+](C)CC(=O)Nc1cccc(F)c1. The van der Waals surface area contributed by atoms with E-state index in [0.717, 1.165) is 9.37 Å². The molecule has 2 aromatic carbocycles. The van der Waals surface area contributed by atoms with Gasteiger partial charge in [-0.3, -0.25) is 9.59 Å². The van der Waals surface area contributed by atoms with Crippen molar-refractivity contribution in [3.05, 3.63) is 58.8 Å². The highest BCUT2D eigenvalue weighted by atomic mass is 79.9. The van der Waals surface area contributed by atoms with Crippen LogP contribution in [0.3, 0.4) is 0 Å². The predicted octanol–water partition coefficient (Wildman–Crippen LogP) is 2.07. The highest BCUT2D eigenvalue weighted by Gasteiger charge is 2.24. The first-order valence-corrected chi connectivity index (χ1v) is 8.58. The predicted molar refractivity (Wildman–Crippen MR) is 99.0 cm³/mol. The van der Waals surface area contributed by atoms with E-state index in [-0.39, 0.29) is 18.4 Å². The number of carbonyl (C=O) groups excluding carboxylic acids is 2. The van der Waals surface area contributed by atoms with Gasteiger partial charge in [0, 0.05) is 15.8 Å². The summed E-state index contributed by atoms with van der Waals surface area (Å²) in [6.45, 7) is 1.84. The number of halogens is 2. The zero-order valence-corrected chi connectivity index (χ0v) is 15.6. The van der Waals surface area contributed by atoms with Gasteiger partial charge in [0.1, 0.15) is 5.82 Å². The second-order valence-electron chi connectivity index (χ2n) is 5.80. The number of likely N-dealkylation sites (N-methyl/N-ethyl adjacent to an activating group) is 1. The molecule has 0 aliphatic carbocycles. The van der Waals surface area contributed by atoms with E-state index in [2.05, 4.69) is 26.6 Å². The van der Waals surface area contributed by atoms with Crippen molar-refractivity contribution in [3.8, 4) is 0 Å². The molecule has 0 radical (unpaired) electrons. The summed E-state index contributed by atoms with van der Waals surface area (Å²) >= 11 is 3.34. The van der Waals surface area contributed by atoms with Crippen LogP contribution in [0.5, 0.6) is 0 Å². The molecule has 5 nitrogen and oxygen atoms in total. The fourth-order valence-electron chi connectivity index (χ4n) is 2.19. The van der Waals surface area contributed by atoms with Gasteiger partial charge in [-0.2, -0.15) is 0 Å². The van der Waals surface area contributed by atoms with Crippen LogP contribution in [0, 0.1) is 5.82 Å². The lowest BCUT2D eigenvalue weighted by Gasteiger charge is -2.20. The molecule has 2 atom stereocenters. The second kappa shape index (κ2) is 8.73. The van der Waals surface area contributed by atoms with Crippen molar-refractivity contribution in [2.45, 2.75) is 13.0 Å². The average molecular weight is 409 g/mol. The summed E-state index contributed by atoms with van der Waals surface area (Å²) in [4.78, 5) is 25.1. The summed E-state index contributed by atoms with van der Waals surface area (Å²) in [5, 5.41) is 5.45. The molecule has 1 unspecified atom stereocenters. The Bertz CT molecular complexity index is 752. The Morgan fingerprint density at radius 2 is 1.80 bits per heavy atom. The molecule has 2 amide bonds. The fourth-order valence-corrected chi connectivity index (χ4v) is 2.45. The Hall–Kier alpha value is -2.25. The van der Waals surface area contributed by atoms with E-state index >= 15 is 0 Å². The third-order valence-electron chi connectivity index (χ3n) is 3.79. The van der Waals surface area contributed by atoms with Gasteiger partial charge in [0.05, 0.1) is 7.05 Å². The number of amides is 2. The van der Waals surface area contributed by atoms with Gasteiger partial charge in [0.25, 0.3) is 11.8 Å². The Morgan fingerprint density at radius 3 is 2.44 bits per heavy atom. The second-order valence-corrected chi connectivity index (χ2v) is 6.72. The number of nitrogens with one attached hydrogen (secondary N) is 3. The summed E-state index contributed by atoms with van der Waals surface area (Å²) < 4.78 is 14.1. The van der Waals surface area contributed by atoms with E-state index in [1.165, 1.54) is 18.2 Å². The van der Waals surface area contributed by atoms with Crippen LogP contribution in [0.25, 0.3) is 0 Å². The lowest BCUT2D eigenvalue weighted by atomic mass is 10.2. The van der Waals surface area contributed by atoms with Crippen LogP contribution in [0.2, 0.25) is 0 Å². The molecule has 0 aliphatic heterocycles. The number of hydrogen-bond acceptors (Lipinski definition) is 2. The minimum atomic E-state index is -0.429. The van der Waals surface area contributed by atoms with Crippen molar-refractivity contribution in [3.63, 3.8) is 0 Å². The maximum Gasteiger partial charge on any atom is 0.282 e. The van der Waals surface area contributed by atoms with E-state index in [0.29, 0.717) is 11.4 Å². The number of carbonyl (C=O) groups is 2. The molecule has 0 fully saturated rings. The first-order valence-electron chi connectivity index (χ1n) is 7.79. The molecule has 0 saturated carbocycles. The van der Waals surface area contributed by atoms with Crippen LogP contribution in [0.1, 0.15) is 6.92 Å². The van der Waals surface area contributed by atoms with Crippen molar-refractivity contribution in [1.82, 2.24) is 0 Å². The monoisotopic (exact) mass is 408 g/mol. The van der Waals surface area contributed by atoms with Crippen LogP contribution < -0.4 is 15.5 Å². The average Bonchev–Trinajstić information content (AvgIpc) is 2.56. The molecule has 2 rings (SSSR count). The Morgan fingerprint density at radius 1 is 1.12 bits per heavy atom. The van der Waals surface area contributed by atoms with Crippen molar-refractivity contribution in [2.24, 2.45) is 0 Å². The highest BCUT2D eigenvalue weighted by molar-refractivity contribution is 9.10. The van der Waals surface area contributed by atoms with Crippen molar-refractivity contribution in [2.75, 3.05) is 24.2 Å². The number of benzene rings is 2. The third-order valence-corrected chi connectivity index (χ3v) is 4.32. The summed E-state index contributed by atoms with van der Waals surface area (Å²) in [5.41, 5.74) is 1.09. The smallest absolute Gasteiger partial charge is 0.282 e. The van der Waals surface area contributed by atoms with Gasteiger partial charge in [0.15, 0.2) is 12.6 Å². The molecule has 0 spiro atoms. The van der Waals surface area contributed by atoms with E-state index in [9.17, 15) is 14.0 Å². The molecule has 25 heavy (non-hydrogen) atoms. The van der Waals surface area contributed by atoms with Crippen molar-refractivity contribution < 1.29 is 18.9 Å². The van der Waals surface area contributed by atoms with Gasteiger partial charge in [-0.05, 0) is 49.4 Å². The Labute approximate surface area is 154 Å². The molecule has 2 aromatic rings. The van der Waals surface area contributed by atoms with E-state index in [4.69, 9.17) is 0 Å². The normalized spacial score (nSPS) is 13.0. The fraction of sp³-hybridized carbons (Fsp3) is 0.222. The summed E-state index contributed by atoms with van der Waals surface area (Å²) in [5.74, 6) is -0.884. The number of quaternary nitrogens is 1. The molecule has 132 valence electrons. The van der Waals surface area contributed by atoms with Crippen LogP contribution in [-0.4, -0.2) is 31.4 Å². The van der Waals surface area contributed by atoms with Gasteiger partial charge < -0.3 is 15.5 Å². The summed E-state index contributed by atoms with van der Waals surface area (Å²) in [6.07, 6.45) is 0. The number of rotatable bonds is 6. The molecular weight excluding hydrogens is 389 g/mol. The topological polar surface area (TPSA) is 62.6 Å². The van der Waals surface area contributed by atoms with Crippen LogP contribution in [0.4, 0.5) is 15.8 Å². The van der Waals surface area contributed by atoms with Gasteiger partial charge >= 0.3 is 0 Å². The largest absolute Gasteiger partial charge is 0.321 e. The summed E-state index contributed by atoms with van der Waals surface area (Å²) in [7, 11) is 1.76. The Balaban J connectivity index is 1.88. The molecule has 0 aromatic heterocycles. The maximum atomic E-state index is 13.1. The molecule has 0 aliphatic rings. The van der Waals surface area contributed by atoms with Crippen LogP contribution in [-0.2, 0) is 9.59 Å². The zero-order chi connectivity index (χ0) is 18.4. The molecule has 0 heterocycles. The highest BCUT2D eigenvalue weighted by Crippen LogP contribution is 2.14. The molecule has 0 saturated heterocycles. The van der Waals surface area contributed by atoms with Crippen LogP contribution in [0.15, 0.2) is 53.0 Å². The number of hydrogen-bond donors (Lipinski definition) is 3. The van der Waals surface area contributed by atoms with Gasteiger partial charge in [0.2, 0.25) is 0 Å². The van der Waals surface area contributed by atoms with Gasteiger partial charge in [-0.25, -0.2) is 4.39 Å². The lowest BCUT2D eigenvalue weighted by Crippen LogP contribution is -3.14. The molecule has 7 heteroatoms. The summed E-state index contributed by atoms with van der Waals surface area (Å²) in [6, 6.07) is 12.5. The molecule has 0 bridgehead atoms. The van der Waals surface area contributed by atoms with Crippen molar-refractivity contribution in [1.29, 1.82) is 0 Å². The third kappa shape index (κ3) is 5.95. The van der Waals surface area contributed by atoms with Gasteiger partial charge in [-0.1, -0.05) is 22.0 Å². The standard InChI is InChI=1S/C18H19BrFN3O2/c1-12(18(25)22-15-8-6-13(19)7-9-15)23(2)11-17(24)21-16-5-3-4-14(20)10-16/h3-10,12H,11H2,1-2H3,(H,21,24)(H,22,25)/p+1/t12-/m1/s1. The minimum Gasteiger partial charge on any atom is -0.321 e. The van der Waals surface area contributed by atoms with Gasteiger partial charge in [-0.15, -0.1) is 0 Å². The molecule has 3 N–H and O–H groups in total. The van der Waals surface area contributed by atoms with Crippen LogP contribution >= 0.6 is 15.9 Å². The van der Waals surface area contributed by atoms with E-state index < -0.39 is 11.9 Å². The minimum absolute atomic E-state index is 0.0887. The molecular formula is C18H20BrFN3O2+. The quantitative estimate of drug-likeness (QED) is 0.684. The maximum absolute atomic E-state index is 13.1. The van der Waals surface area contributed by atoms with E-state index in [1.807, 2.05) is 12.1 Å². The lowest BCUT2D eigenvalue weighted by molar-refractivity contribution is -0.885. The first kappa shape index (κ1) is 19.1. The first-order chi connectivity index (χ1) is 11.8. The number of anilines is 2. The zero-order valence-electron chi connectivity index (χ0n) is 14.0. The Kier molecular flexibility index (Phi) is 6.66. The van der Waals surface area contributed by atoms with E-state index in [1.54, 1.807) is 32.2 Å².